The number of fused-ring (bicyclic) bond motifs is 1. The monoisotopic (exact) mass is 438 g/mol. The molecule has 1 aromatic carbocycles. The number of nitrogens with one attached hydrogen (secondary N) is 2. The van der Waals surface area contributed by atoms with Gasteiger partial charge in [-0.15, -0.1) is 0 Å². The number of thiophene rings is 1. The Morgan fingerprint density at radius 2 is 1.87 bits per heavy atom. The first kappa shape index (κ1) is 23.8. The van der Waals surface area contributed by atoms with Crippen LogP contribution in [0.3, 0.4) is 0 Å². The van der Waals surface area contributed by atoms with Gasteiger partial charge in [-0.25, -0.2) is 9.59 Å². The topological polar surface area (TPSA) is 109 Å². The minimum Gasteiger partial charge on any atom is -0.590 e. The maximum Gasteiger partial charge on any atom is 0.407 e. The number of carbonyl (C=O) groups excluding carboxylic acids is 2. The number of rotatable bonds is 7. The molecule has 0 fully saturated rings. The van der Waals surface area contributed by atoms with Crippen molar-refractivity contribution in [3.8, 4) is 5.75 Å². The Hall–Kier alpha value is -2.52. The molecule has 1 heterocycles. The van der Waals surface area contributed by atoms with Gasteiger partial charge in [-0.2, -0.15) is 0 Å². The Bertz CT molecular complexity index is 916. The van der Waals surface area contributed by atoms with Crippen LogP contribution in [-0.2, 0) is 9.47 Å². The fourth-order valence-electron chi connectivity index (χ4n) is 2.89. The van der Waals surface area contributed by atoms with Gasteiger partial charge in [0.25, 0.3) is 4.88 Å². The van der Waals surface area contributed by atoms with Gasteiger partial charge >= 0.3 is 12.1 Å². The highest BCUT2D eigenvalue weighted by molar-refractivity contribution is 7.33. The van der Waals surface area contributed by atoms with Gasteiger partial charge in [0.2, 0.25) is 0 Å². The molecule has 1 aromatic heterocycles. The van der Waals surface area contributed by atoms with E-state index in [0.29, 0.717) is 28.1 Å². The molecule has 1 amide bonds. The van der Waals surface area contributed by atoms with E-state index < -0.39 is 28.4 Å². The molecule has 2 aromatic rings. The first-order valence-electron chi connectivity index (χ1n) is 9.64. The number of ether oxygens (including phenoxy) is 3. The fourth-order valence-corrected chi connectivity index (χ4v) is 4.26. The van der Waals surface area contributed by atoms with E-state index >= 15 is 0 Å². The van der Waals surface area contributed by atoms with Crippen LogP contribution in [0.1, 0.15) is 44.3 Å². The molecule has 0 radical (unpaired) electrons. The van der Waals surface area contributed by atoms with Crippen LogP contribution in [0.25, 0.3) is 10.1 Å². The SMILES string of the molecule is COC(=O)c1c(NC[C@@H](NC(=O)OC(C)(C)C)C(C)C)c2cc(OC)ccc2[s+]1[O-]. The average molecular weight is 439 g/mol. The molecule has 9 heteroatoms. The number of hydrogen-bond donors (Lipinski definition) is 2. The summed E-state index contributed by atoms with van der Waals surface area (Å²) < 4.78 is 28.9. The largest absolute Gasteiger partial charge is 0.590 e. The summed E-state index contributed by atoms with van der Waals surface area (Å²) in [5.74, 6) is -0.0282. The van der Waals surface area contributed by atoms with Gasteiger partial charge in [0.15, 0.2) is 4.70 Å². The third-order valence-corrected chi connectivity index (χ3v) is 5.94. The molecule has 8 nitrogen and oxygen atoms in total. The van der Waals surface area contributed by atoms with Crippen molar-refractivity contribution in [2.45, 2.75) is 46.3 Å². The zero-order valence-corrected chi connectivity index (χ0v) is 19.3. The number of esters is 1. The normalized spacial score (nSPS) is 13.2. The highest BCUT2D eigenvalue weighted by Gasteiger charge is 2.31. The smallest absolute Gasteiger partial charge is 0.407 e. The molecule has 2 N–H and O–H groups in total. The van der Waals surface area contributed by atoms with Gasteiger partial charge in [-0.1, -0.05) is 13.8 Å². The molecule has 2 rings (SSSR count). The number of hydrogen-bond acceptors (Lipinski definition) is 7. The number of alkyl carbamates (subject to hydrolysis) is 1. The first-order chi connectivity index (χ1) is 14.0. The van der Waals surface area contributed by atoms with Gasteiger partial charge in [-0.3, -0.25) is 0 Å². The van der Waals surface area contributed by atoms with Crippen LogP contribution < -0.4 is 15.4 Å². The molecule has 0 bridgehead atoms. The van der Waals surface area contributed by atoms with E-state index in [2.05, 4.69) is 10.6 Å². The molecule has 0 aliphatic rings. The molecular weight excluding hydrogens is 408 g/mol. The Morgan fingerprint density at radius 3 is 2.40 bits per heavy atom. The molecule has 0 aliphatic carbocycles. The molecule has 0 aliphatic heterocycles. The second kappa shape index (κ2) is 9.53. The van der Waals surface area contributed by atoms with E-state index in [1.807, 2.05) is 13.8 Å². The summed E-state index contributed by atoms with van der Waals surface area (Å²) >= 11 is 0. The van der Waals surface area contributed by atoms with Crippen LogP contribution in [-0.4, -0.2) is 49.0 Å². The summed E-state index contributed by atoms with van der Waals surface area (Å²) in [6.45, 7) is 9.59. The van der Waals surface area contributed by atoms with Gasteiger partial charge in [0, 0.05) is 12.6 Å². The zero-order chi connectivity index (χ0) is 22.6. The number of benzene rings is 1. The predicted molar refractivity (Wildman–Crippen MR) is 117 cm³/mol. The van der Waals surface area contributed by atoms with E-state index in [9.17, 15) is 14.1 Å². The third kappa shape index (κ3) is 5.54. The molecule has 30 heavy (non-hydrogen) atoms. The molecular formula is C21H30N2O6S. The van der Waals surface area contributed by atoms with Crippen molar-refractivity contribution in [1.29, 1.82) is 0 Å². The summed E-state index contributed by atoms with van der Waals surface area (Å²) in [5.41, 5.74) is -0.206. The second-order valence-corrected chi connectivity index (χ2v) is 9.59. The molecule has 1 unspecified atom stereocenters. The van der Waals surface area contributed by atoms with E-state index in [0.717, 1.165) is 0 Å². The predicted octanol–water partition coefficient (Wildman–Crippen LogP) is 4.32. The second-order valence-electron chi connectivity index (χ2n) is 8.20. The lowest BCUT2D eigenvalue weighted by molar-refractivity contribution is 0.0493. The van der Waals surface area contributed by atoms with Gasteiger partial charge in [0.1, 0.15) is 17.0 Å². The van der Waals surface area contributed by atoms with Crippen LogP contribution in [0.4, 0.5) is 10.5 Å². The van der Waals surface area contributed by atoms with Crippen molar-refractivity contribution in [3.05, 3.63) is 23.1 Å². The van der Waals surface area contributed by atoms with Crippen molar-refractivity contribution in [3.63, 3.8) is 0 Å². The molecule has 0 saturated carbocycles. The van der Waals surface area contributed by atoms with Crippen molar-refractivity contribution >= 4 is 38.6 Å². The number of amides is 1. The highest BCUT2D eigenvalue weighted by Crippen LogP contribution is 2.43. The van der Waals surface area contributed by atoms with E-state index in [-0.39, 0.29) is 16.8 Å². The maximum absolute atomic E-state index is 12.9. The van der Waals surface area contributed by atoms with Gasteiger partial charge in [-0.05, 0) is 49.6 Å². The molecule has 0 saturated heterocycles. The summed E-state index contributed by atoms with van der Waals surface area (Å²) in [6.07, 6.45) is -0.526. The van der Waals surface area contributed by atoms with Crippen LogP contribution in [0.15, 0.2) is 18.2 Å². The fraction of sp³-hybridized carbons (Fsp3) is 0.524. The van der Waals surface area contributed by atoms with Crippen molar-refractivity contribution in [2.75, 3.05) is 26.1 Å². The van der Waals surface area contributed by atoms with Gasteiger partial charge in [0.05, 0.1) is 25.6 Å². The lowest BCUT2D eigenvalue weighted by Gasteiger charge is -2.26. The molecule has 0 spiro atoms. The Balaban J connectivity index is 2.36. The van der Waals surface area contributed by atoms with E-state index in [1.54, 1.807) is 39.0 Å². The minimum absolute atomic E-state index is 0.0422. The lowest BCUT2D eigenvalue weighted by Crippen LogP contribution is -2.45. The Morgan fingerprint density at radius 1 is 1.20 bits per heavy atom. The summed E-state index contributed by atoms with van der Waals surface area (Å²) in [4.78, 5) is 24.6. The van der Waals surface area contributed by atoms with Crippen LogP contribution >= 0.6 is 10.8 Å². The quantitative estimate of drug-likeness (QED) is 0.489. The standard InChI is InChI=1S/C21H30N2O6S/c1-12(2)15(23-20(25)29-21(3,4)5)11-22-17-14-10-13(27-6)8-9-16(14)30(26)18(17)19(24)28-7/h8-10,12,15,22H,11H2,1-7H3,(H,23,25)/t15-,30?/m1/s1. The van der Waals surface area contributed by atoms with Crippen molar-refractivity contribution in [1.82, 2.24) is 5.32 Å². The Labute approximate surface area is 179 Å². The lowest BCUT2D eigenvalue weighted by atomic mass is 10.0. The summed E-state index contributed by atoms with van der Waals surface area (Å²) in [6, 6.07) is 4.78. The first-order valence-corrected chi connectivity index (χ1v) is 10.8. The van der Waals surface area contributed by atoms with Crippen LogP contribution in [0, 0.1) is 5.92 Å². The number of anilines is 1. The molecule has 2 atom stereocenters. The number of carbonyl (C=O) groups is 2. The van der Waals surface area contributed by atoms with Crippen LogP contribution in [0.5, 0.6) is 5.75 Å². The van der Waals surface area contributed by atoms with Crippen molar-refractivity contribution < 1.29 is 28.4 Å². The van der Waals surface area contributed by atoms with Crippen molar-refractivity contribution in [2.24, 2.45) is 5.92 Å². The summed E-state index contributed by atoms with van der Waals surface area (Å²) in [7, 11) is 1.10. The van der Waals surface area contributed by atoms with Crippen LogP contribution in [0.2, 0.25) is 0 Å². The molecule has 166 valence electrons. The average Bonchev–Trinajstić information content (AvgIpc) is 2.94. The maximum atomic E-state index is 12.9. The highest BCUT2D eigenvalue weighted by atomic mass is 32.2. The summed E-state index contributed by atoms with van der Waals surface area (Å²) in [5, 5.41) is 6.65. The minimum atomic E-state index is -1.68. The number of methoxy groups -OCH3 is 2. The van der Waals surface area contributed by atoms with Gasteiger partial charge < -0.3 is 29.4 Å². The zero-order valence-electron chi connectivity index (χ0n) is 18.5. The van der Waals surface area contributed by atoms with E-state index in [1.165, 1.54) is 14.2 Å². The van der Waals surface area contributed by atoms with E-state index in [4.69, 9.17) is 14.2 Å². The third-order valence-electron chi connectivity index (χ3n) is 4.44. The Kier molecular flexibility index (Phi) is 7.54.